The molecule has 1 heterocycles. The number of carbonyl (C=O) groups is 2. The molecule has 0 saturated heterocycles. The van der Waals surface area contributed by atoms with Crippen LogP contribution in [0.15, 0.2) is 77.8 Å². The average Bonchev–Trinajstić information content (AvgIpc) is 2.88. The standard InChI is InChI=1S/C25H21ClN4O3/c1-29-21-12-11-18(26)13-22(21)30(19-5-3-2-4-6-19)24(31)20(23(29)27)15-28-14-16-7-9-17(10-8-16)25(32)33/h2-13,15,20,27H,14H2,1H3,(H,32,33). The van der Waals surface area contributed by atoms with Crippen molar-refractivity contribution in [3.8, 4) is 0 Å². The molecule has 2 N–H and O–H groups in total. The molecule has 33 heavy (non-hydrogen) atoms. The van der Waals surface area contributed by atoms with Gasteiger partial charge in [0.15, 0.2) is 0 Å². The monoisotopic (exact) mass is 460 g/mol. The Morgan fingerprint density at radius 2 is 1.79 bits per heavy atom. The number of aromatic carboxylic acids is 1. The number of amides is 1. The second kappa shape index (κ2) is 9.26. The lowest BCUT2D eigenvalue weighted by molar-refractivity contribution is -0.118. The summed E-state index contributed by atoms with van der Waals surface area (Å²) in [6.07, 6.45) is 1.48. The quantitative estimate of drug-likeness (QED) is 0.522. The molecular weight excluding hydrogens is 440 g/mol. The van der Waals surface area contributed by atoms with E-state index in [-0.39, 0.29) is 23.9 Å². The Labute approximate surface area is 196 Å². The number of hydrogen-bond acceptors (Lipinski definition) is 4. The molecule has 1 atom stereocenters. The fraction of sp³-hybridized carbons (Fsp3) is 0.120. The minimum absolute atomic E-state index is 0.0898. The molecule has 1 amide bonds. The van der Waals surface area contributed by atoms with Crippen molar-refractivity contribution in [2.75, 3.05) is 16.8 Å². The number of para-hydroxylation sites is 1. The van der Waals surface area contributed by atoms with Gasteiger partial charge in [-0.15, -0.1) is 0 Å². The van der Waals surface area contributed by atoms with Crippen LogP contribution < -0.4 is 9.80 Å². The Morgan fingerprint density at radius 1 is 1.09 bits per heavy atom. The highest BCUT2D eigenvalue weighted by molar-refractivity contribution is 6.32. The van der Waals surface area contributed by atoms with Gasteiger partial charge >= 0.3 is 5.97 Å². The number of nitrogens with zero attached hydrogens (tertiary/aromatic N) is 3. The summed E-state index contributed by atoms with van der Waals surface area (Å²) in [6, 6.07) is 20.8. The van der Waals surface area contributed by atoms with Gasteiger partial charge in [0.05, 0.1) is 23.5 Å². The summed E-state index contributed by atoms with van der Waals surface area (Å²) >= 11 is 6.26. The van der Waals surface area contributed by atoms with Crippen LogP contribution >= 0.6 is 11.6 Å². The van der Waals surface area contributed by atoms with Gasteiger partial charge in [0, 0.05) is 24.0 Å². The second-order valence-electron chi connectivity index (χ2n) is 7.56. The Morgan fingerprint density at radius 3 is 2.45 bits per heavy atom. The van der Waals surface area contributed by atoms with E-state index in [9.17, 15) is 9.59 Å². The normalized spacial score (nSPS) is 16.1. The van der Waals surface area contributed by atoms with E-state index in [2.05, 4.69) is 4.99 Å². The maximum atomic E-state index is 13.7. The van der Waals surface area contributed by atoms with Crippen molar-refractivity contribution in [3.63, 3.8) is 0 Å². The van der Waals surface area contributed by atoms with Crippen molar-refractivity contribution in [2.45, 2.75) is 6.54 Å². The molecule has 0 bridgehead atoms. The first kappa shape index (κ1) is 22.2. The van der Waals surface area contributed by atoms with Gasteiger partial charge in [-0.2, -0.15) is 0 Å². The number of carboxylic acids is 1. The number of hydrogen-bond donors (Lipinski definition) is 2. The molecule has 4 rings (SSSR count). The third-order valence-corrected chi connectivity index (χ3v) is 5.66. The molecule has 1 aliphatic heterocycles. The fourth-order valence-corrected chi connectivity index (χ4v) is 3.83. The van der Waals surface area contributed by atoms with Crippen LogP contribution in [0.5, 0.6) is 0 Å². The summed E-state index contributed by atoms with van der Waals surface area (Å²) in [7, 11) is 1.74. The zero-order chi connectivity index (χ0) is 23.5. The summed E-state index contributed by atoms with van der Waals surface area (Å²) in [6.45, 7) is 0.255. The van der Waals surface area contributed by atoms with E-state index < -0.39 is 11.9 Å². The van der Waals surface area contributed by atoms with E-state index in [1.165, 1.54) is 18.3 Å². The third kappa shape index (κ3) is 4.49. The van der Waals surface area contributed by atoms with E-state index >= 15 is 0 Å². The number of nitrogens with one attached hydrogen (secondary N) is 1. The first-order valence-electron chi connectivity index (χ1n) is 10.2. The number of amidine groups is 1. The van der Waals surface area contributed by atoms with Crippen LogP contribution in [0.1, 0.15) is 15.9 Å². The number of carbonyl (C=O) groups excluding carboxylic acids is 1. The van der Waals surface area contributed by atoms with Crippen LogP contribution in [0.3, 0.4) is 0 Å². The summed E-state index contributed by atoms with van der Waals surface area (Å²) in [5, 5.41) is 18.2. The number of benzene rings is 3. The largest absolute Gasteiger partial charge is 0.478 e. The van der Waals surface area contributed by atoms with Crippen LogP contribution in [0.4, 0.5) is 17.1 Å². The third-order valence-electron chi connectivity index (χ3n) is 5.43. The summed E-state index contributed by atoms with van der Waals surface area (Å²) in [5.74, 6) is -2.14. The van der Waals surface area contributed by atoms with Gasteiger partial charge in [0.25, 0.3) is 0 Å². The zero-order valence-electron chi connectivity index (χ0n) is 17.8. The average molecular weight is 461 g/mol. The number of carboxylic acid groups (broad SMARTS) is 1. The minimum atomic E-state index is -0.994. The summed E-state index contributed by atoms with van der Waals surface area (Å²) in [5.41, 5.74) is 2.93. The van der Waals surface area contributed by atoms with Gasteiger partial charge in [0.2, 0.25) is 5.91 Å². The van der Waals surface area contributed by atoms with Crippen LogP contribution in [0.2, 0.25) is 5.02 Å². The molecule has 166 valence electrons. The molecule has 0 radical (unpaired) electrons. The molecule has 3 aromatic carbocycles. The topological polar surface area (TPSA) is 97.1 Å². The van der Waals surface area contributed by atoms with Crippen LogP contribution in [-0.4, -0.2) is 36.1 Å². The fourth-order valence-electron chi connectivity index (χ4n) is 3.67. The van der Waals surface area contributed by atoms with E-state index in [1.807, 2.05) is 30.3 Å². The van der Waals surface area contributed by atoms with Gasteiger partial charge in [-0.1, -0.05) is 41.9 Å². The van der Waals surface area contributed by atoms with Gasteiger partial charge in [-0.25, -0.2) is 4.79 Å². The Bertz CT molecular complexity index is 1240. The molecule has 0 fully saturated rings. The molecule has 0 aromatic heterocycles. The van der Waals surface area contributed by atoms with Gasteiger partial charge in [-0.05, 0) is 48.0 Å². The number of anilines is 3. The second-order valence-corrected chi connectivity index (χ2v) is 7.99. The molecule has 0 spiro atoms. The Balaban J connectivity index is 1.69. The SMILES string of the molecule is CN1C(=N)C(C=NCc2ccc(C(=O)O)cc2)C(=O)N(c2ccccc2)c2cc(Cl)ccc21. The molecule has 0 aliphatic carbocycles. The van der Waals surface area contributed by atoms with Crippen molar-refractivity contribution in [3.05, 3.63) is 88.9 Å². The molecule has 1 unspecified atom stereocenters. The lowest BCUT2D eigenvalue weighted by atomic mass is 10.1. The number of aliphatic imine (C=N–C) groups is 1. The van der Waals surface area contributed by atoms with E-state index in [0.29, 0.717) is 22.1 Å². The van der Waals surface area contributed by atoms with Crippen LogP contribution in [0, 0.1) is 11.3 Å². The van der Waals surface area contributed by atoms with Gasteiger partial charge in [-0.3, -0.25) is 20.1 Å². The molecule has 7 nitrogen and oxygen atoms in total. The predicted molar refractivity (Wildman–Crippen MR) is 130 cm³/mol. The van der Waals surface area contributed by atoms with Crippen molar-refractivity contribution < 1.29 is 14.7 Å². The minimum Gasteiger partial charge on any atom is -0.478 e. The predicted octanol–water partition coefficient (Wildman–Crippen LogP) is 5.02. The number of rotatable bonds is 5. The first-order valence-corrected chi connectivity index (χ1v) is 10.6. The molecule has 8 heteroatoms. The molecule has 0 saturated carbocycles. The van der Waals surface area contributed by atoms with Crippen LogP contribution in [0.25, 0.3) is 0 Å². The smallest absolute Gasteiger partial charge is 0.335 e. The van der Waals surface area contributed by atoms with Crippen molar-refractivity contribution in [1.82, 2.24) is 0 Å². The molecule has 3 aromatic rings. The van der Waals surface area contributed by atoms with Crippen molar-refractivity contribution in [2.24, 2.45) is 10.9 Å². The highest BCUT2D eigenvalue weighted by atomic mass is 35.5. The lowest BCUT2D eigenvalue weighted by Gasteiger charge is -2.24. The maximum Gasteiger partial charge on any atom is 0.335 e. The van der Waals surface area contributed by atoms with Gasteiger partial charge in [0.1, 0.15) is 11.8 Å². The van der Waals surface area contributed by atoms with E-state index in [4.69, 9.17) is 22.1 Å². The first-order chi connectivity index (χ1) is 15.9. The van der Waals surface area contributed by atoms with E-state index in [1.54, 1.807) is 47.2 Å². The van der Waals surface area contributed by atoms with Crippen molar-refractivity contribution >= 4 is 52.6 Å². The number of halogens is 1. The summed E-state index contributed by atoms with van der Waals surface area (Å²) in [4.78, 5) is 32.4. The van der Waals surface area contributed by atoms with Crippen LogP contribution in [-0.2, 0) is 11.3 Å². The van der Waals surface area contributed by atoms with E-state index in [0.717, 1.165) is 5.56 Å². The molecular formula is C25H21ClN4O3. The lowest BCUT2D eigenvalue weighted by Crippen LogP contribution is -2.39. The highest BCUT2D eigenvalue weighted by Crippen LogP contribution is 2.40. The Kier molecular flexibility index (Phi) is 6.24. The Hall–Kier alpha value is -3.97. The zero-order valence-corrected chi connectivity index (χ0v) is 18.5. The van der Waals surface area contributed by atoms with Gasteiger partial charge < -0.3 is 10.0 Å². The van der Waals surface area contributed by atoms with Crippen molar-refractivity contribution in [1.29, 1.82) is 5.41 Å². The highest BCUT2D eigenvalue weighted by Gasteiger charge is 2.36. The number of fused-ring (bicyclic) bond motifs is 1. The molecule has 1 aliphatic rings. The maximum absolute atomic E-state index is 13.7. The summed E-state index contributed by atoms with van der Waals surface area (Å²) < 4.78 is 0.